The number of aliphatic hydroxyl groups excluding tert-OH is 1. The average molecular weight is 293 g/mol. The molecule has 0 fully saturated rings. The average Bonchev–Trinajstić information content (AvgIpc) is 2.48. The van der Waals surface area contributed by atoms with Gasteiger partial charge in [-0.25, -0.2) is 0 Å². The van der Waals surface area contributed by atoms with Crippen molar-refractivity contribution in [3.05, 3.63) is 29.8 Å². The van der Waals surface area contributed by atoms with Crippen LogP contribution in [0.15, 0.2) is 24.3 Å². The number of ether oxygens (including phenoxy) is 1. The molecule has 1 atom stereocenters. The van der Waals surface area contributed by atoms with E-state index < -0.39 is 0 Å². The molecule has 0 aliphatic carbocycles. The first kappa shape index (κ1) is 17.5. The van der Waals surface area contributed by atoms with Gasteiger partial charge >= 0.3 is 0 Å². The second kappa shape index (κ2) is 10.2. The van der Waals surface area contributed by atoms with E-state index in [0.717, 1.165) is 18.6 Å². The number of hydrogen-bond acceptors (Lipinski definition) is 3. The van der Waals surface area contributed by atoms with Gasteiger partial charge in [0.25, 0.3) is 0 Å². The molecular formula is C17H27NO3. The molecule has 4 heteroatoms. The van der Waals surface area contributed by atoms with E-state index in [1.807, 2.05) is 31.2 Å². The molecule has 118 valence electrons. The Morgan fingerprint density at radius 2 is 2.24 bits per heavy atom. The third-order valence-corrected chi connectivity index (χ3v) is 3.51. The Labute approximate surface area is 127 Å². The van der Waals surface area contributed by atoms with Crippen molar-refractivity contribution in [2.24, 2.45) is 5.92 Å². The highest BCUT2D eigenvalue weighted by Gasteiger charge is 2.08. The zero-order valence-electron chi connectivity index (χ0n) is 13.1. The van der Waals surface area contributed by atoms with Gasteiger partial charge in [0, 0.05) is 19.6 Å². The smallest absolute Gasteiger partial charge is 0.220 e. The topological polar surface area (TPSA) is 58.6 Å². The Balaban J connectivity index is 2.13. The SMILES string of the molecule is CCC(CCO)CNC(=O)CCCOc1cccc(C)c1. The summed E-state index contributed by atoms with van der Waals surface area (Å²) in [6, 6.07) is 7.90. The number of hydrogen-bond donors (Lipinski definition) is 2. The van der Waals surface area contributed by atoms with Crippen molar-refractivity contribution < 1.29 is 14.6 Å². The first-order chi connectivity index (χ1) is 10.2. The first-order valence-electron chi connectivity index (χ1n) is 7.72. The number of rotatable bonds is 10. The van der Waals surface area contributed by atoms with Crippen LogP contribution in [-0.2, 0) is 4.79 Å². The second-order valence-corrected chi connectivity index (χ2v) is 5.36. The van der Waals surface area contributed by atoms with Gasteiger partial charge in [-0.1, -0.05) is 25.5 Å². The van der Waals surface area contributed by atoms with E-state index in [0.29, 0.717) is 31.9 Å². The Bertz CT molecular complexity index is 420. The molecule has 0 radical (unpaired) electrons. The normalized spacial score (nSPS) is 12.0. The van der Waals surface area contributed by atoms with Gasteiger partial charge in [0.15, 0.2) is 0 Å². The lowest BCUT2D eigenvalue weighted by Crippen LogP contribution is -2.29. The molecule has 0 saturated heterocycles. The van der Waals surface area contributed by atoms with Crippen LogP contribution < -0.4 is 10.1 Å². The Morgan fingerprint density at radius 3 is 2.90 bits per heavy atom. The number of nitrogens with one attached hydrogen (secondary N) is 1. The third kappa shape index (κ3) is 7.71. The molecule has 2 N–H and O–H groups in total. The second-order valence-electron chi connectivity index (χ2n) is 5.36. The monoisotopic (exact) mass is 293 g/mol. The van der Waals surface area contributed by atoms with Crippen LogP contribution in [0.4, 0.5) is 0 Å². The zero-order chi connectivity index (χ0) is 15.5. The Kier molecular flexibility index (Phi) is 8.51. The summed E-state index contributed by atoms with van der Waals surface area (Å²) in [5.41, 5.74) is 1.17. The number of carbonyl (C=O) groups is 1. The summed E-state index contributed by atoms with van der Waals surface area (Å²) in [6.45, 7) is 5.47. The molecule has 1 aromatic rings. The van der Waals surface area contributed by atoms with Crippen LogP contribution in [0.3, 0.4) is 0 Å². The third-order valence-electron chi connectivity index (χ3n) is 3.51. The maximum atomic E-state index is 11.7. The highest BCUT2D eigenvalue weighted by Crippen LogP contribution is 2.12. The van der Waals surface area contributed by atoms with E-state index in [1.165, 1.54) is 5.56 Å². The van der Waals surface area contributed by atoms with Crippen LogP contribution in [0, 0.1) is 12.8 Å². The fourth-order valence-corrected chi connectivity index (χ4v) is 2.11. The summed E-state index contributed by atoms with van der Waals surface area (Å²) in [4.78, 5) is 11.7. The molecule has 1 unspecified atom stereocenters. The fourth-order valence-electron chi connectivity index (χ4n) is 2.11. The molecule has 21 heavy (non-hydrogen) atoms. The van der Waals surface area contributed by atoms with Crippen molar-refractivity contribution in [1.29, 1.82) is 0 Å². The zero-order valence-corrected chi connectivity index (χ0v) is 13.1. The molecule has 4 nitrogen and oxygen atoms in total. The van der Waals surface area contributed by atoms with Crippen LogP contribution in [0.1, 0.15) is 38.2 Å². The molecule has 0 aromatic heterocycles. The molecule has 1 aromatic carbocycles. The van der Waals surface area contributed by atoms with Gasteiger partial charge in [-0.3, -0.25) is 4.79 Å². The maximum absolute atomic E-state index is 11.7. The van der Waals surface area contributed by atoms with Crippen molar-refractivity contribution in [3.63, 3.8) is 0 Å². The first-order valence-corrected chi connectivity index (χ1v) is 7.72. The largest absolute Gasteiger partial charge is 0.494 e. The van der Waals surface area contributed by atoms with Crippen LogP contribution >= 0.6 is 0 Å². The van der Waals surface area contributed by atoms with E-state index in [1.54, 1.807) is 0 Å². The molecular weight excluding hydrogens is 266 g/mol. The molecule has 1 rings (SSSR count). The lowest BCUT2D eigenvalue weighted by atomic mass is 10.0. The minimum Gasteiger partial charge on any atom is -0.494 e. The van der Waals surface area contributed by atoms with Crippen LogP contribution in [-0.4, -0.2) is 30.8 Å². The van der Waals surface area contributed by atoms with E-state index in [2.05, 4.69) is 12.2 Å². The molecule has 0 saturated carbocycles. The van der Waals surface area contributed by atoms with Crippen LogP contribution in [0.2, 0.25) is 0 Å². The van der Waals surface area contributed by atoms with Gasteiger partial charge in [-0.2, -0.15) is 0 Å². The minimum atomic E-state index is 0.0548. The summed E-state index contributed by atoms with van der Waals surface area (Å²) in [5, 5.41) is 11.8. The highest BCUT2D eigenvalue weighted by atomic mass is 16.5. The van der Waals surface area contributed by atoms with E-state index in [-0.39, 0.29) is 12.5 Å². The van der Waals surface area contributed by atoms with Gasteiger partial charge in [-0.15, -0.1) is 0 Å². The predicted octanol–water partition coefficient (Wildman–Crippen LogP) is 2.68. The van der Waals surface area contributed by atoms with Crippen LogP contribution in [0.25, 0.3) is 0 Å². The van der Waals surface area contributed by atoms with Gasteiger partial charge < -0.3 is 15.2 Å². The van der Waals surface area contributed by atoms with Crippen molar-refractivity contribution >= 4 is 5.91 Å². The quantitative estimate of drug-likeness (QED) is 0.652. The number of benzene rings is 1. The number of aryl methyl sites for hydroxylation is 1. The van der Waals surface area contributed by atoms with Crippen molar-refractivity contribution in [3.8, 4) is 5.75 Å². The fraction of sp³-hybridized carbons (Fsp3) is 0.588. The summed E-state index contributed by atoms with van der Waals surface area (Å²) in [5.74, 6) is 1.27. The maximum Gasteiger partial charge on any atom is 0.220 e. The van der Waals surface area contributed by atoms with Gasteiger partial charge in [0.2, 0.25) is 5.91 Å². The summed E-state index contributed by atoms with van der Waals surface area (Å²) >= 11 is 0. The minimum absolute atomic E-state index is 0.0548. The highest BCUT2D eigenvalue weighted by molar-refractivity contribution is 5.75. The lowest BCUT2D eigenvalue weighted by Gasteiger charge is -2.14. The number of amides is 1. The van der Waals surface area contributed by atoms with Crippen LogP contribution in [0.5, 0.6) is 5.75 Å². The standard InChI is InChI=1S/C17H27NO3/c1-3-15(9-10-19)13-18-17(20)8-5-11-21-16-7-4-6-14(2)12-16/h4,6-7,12,15,19H,3,5,8-11,13H2,1-2H3,(H,18,20). The van der Waals surface area contributed by atoms with Gasteiger partial charge in [-0.05, 0) is 43.4 Å². The van der Waals surface area contributed by atoms with Gasteiger partial charge in [0.1, 0.15) is 5.75 Å². The van der Waals surface area contributed by atoms with Crippen molar-refractivity contribution in [2.75, 3.05) is 19.8 Å². The summed E-state index contributed by atoms with van der Waals surface area (Å²) < 4.78 is 5.61. The molecule has 1 amide bonds. The van der Waals surface area contributed by atoms with Crippen molar-refractivity contribution in [2.45, 2.75) is 39.5 Å². The van der Waals surface area contributed by atoms with E-state index >= 15 is 0 Å². The van der Waals surface area contributed by atoms with Gasteiger partial charge in [0.05, 0.1) is 6.61 Å². The van der Waals surface area contributed by atoms with Crippen molar-refractivity contribution in [1.82, 2.24) is 5.32 Å². The Morgan fingerprint density at radius 1 is 1.43 bits per heavy atom. The molecule has 0 aliphatic rings. The summed E-state index contributed by atoms with van der Waals surface area (Å²) in [7, 11) is 0. The molecule has 0 aliphatic heterocycles. The predicted molar refractivity (Wildman–Crippen MR) is 84.4 cm³/mol. The Hall–Kier alpha value is -1.55. The number of carbonyl (C=O) groups excluding carboxylic acids is 1. The summed E-state index contributed by atoms with van der Waals surface area (Å²) in [6.07, 6.45) is 2.89. The lowest BCUT2D eigenvalue weighted by molar-refractivity contribution is -0.121. The molecule has 0 heterocycles. The molecule has 0 spiro atoms. The van der Waals surface area contributed by atoms with E-state index in [9.17, 15) is 4.79 Å². The molecule has 0 bridgehead atoms. The van der Waals surface area contributed by atoms with E-state index in [4.69, 9.17) is 9.84 Å². The number of aliphatic hydroxyl groups is 1.